The summed E-state index contributed by atoms with van der Waals surface area (Å²) in [5.41, 5.74) is 0. The van der Waals surface area contributed by atoms with Gasteiger partial charge in [0, 0.05) is 19.6 Å². The topological polar surface area (TPSA) is 55.7 Å². The minimum atomic E-state index is -1.63. The van der Waals surface area contributed by atoms with Gasteiger partial charge in [0.2, 0.25) is 5.91 Å². The van der Waals surface area contributed by atoms with Crippen molar-refractivity contribution in [1.82, 2.24) is 10.2 Å². The first-order valence-corrected chi connectivity index (χ1v) is 5.57. The largest absolute Gasteiger partial charge is 0.352 e. The molecule has 1 heterocycles. The van der Waals surface area contributed by atoms with E-state index >= 15 is 0 Å². The zero-order valence-electron chi connectivity index (χ0n) is 9.00. The minimum absolute atomic E-state index is 0.251. The van der Waals surface area contributed by atoms with Crippen molar-refractivity contribution in [3.05, 3.63) is 0 Å². The molecular weight excluding hydrogens is 180 g/mol. The van der Waals surface area contributed by atoms with Crippen molar-refractivity contribution in [3.8, 4) is 0 Å². The molecule has 14 heavy (non-hydrogen) atoms. The van der Waals surface area contributed by atoms with Crippen LogP contribution in [0.25, 0.3) is 0 Å². The third-order valence-electron chi connectivity index (χ3n) is 2.71. The molecule has 0 atom stereocenters. The van der Waals surface area contributed by atoms with Crippen LogP contribution >= 0.6 is 0 Å². The van der Waals surface area contributed by atoms with Crippen LogP contribution in [0.2, 0.25) is 0 Å². The molecule has 0 aliphatic carbocycles. The summed E-state index contributed by atoms with van der Waals surface area (Å²) < 4.78 is 0. The molecule has 1 rings (SSSR count). The molecule has 1 fully saturated rings. The van der Waals surface area contributed by atoms with E-state index in [1.165, 1.54) is 19.3 Å². The first kappa shape index (κ1) is 11.9. The number of nitrogens with one attached hydrogen (secondary N) is 1. The van der Waals surface area contributed by atoms with Gasteiger partial charge in [-0.3, -0.25) is 4.90 Å². The highest BCUT2D eigenvalue weighted by Crippen LogP contribution is 2.12. The summed E-state index contributed by atoms with van der Waals surface area (Å²) in [6, 6.07) is 0. The Morgan fingerprint density at radius 2 is 2.07 bits per heavy atom. The second-order valence-electron chi connectivity index (χ2n) is 4.00. The Morgan fingerprint density at radius 1 is 1.29 bits per heavy atom. The summed E-state index contributed by atoms with van der Waals surface area (Å²) in [5.74, 6) is -1.63. The highest BCUT2D eigenvalue weighted by molar-refractivity contribution is 4.77. The normalized spacial score (nSPS) is 22.5. The van der Waals surface area contributed by atoms with Crippen LogP contribution < -0.4 is 5.32 Å². The first-order valence-electron chi connectivity index (χ1n) is 5.57. The maximum Gasteiger partial charge on any atom is 0.238 e. The van der Waals surface area contributed by atoms with E-state index in [1.807, 2.05) is 0 Å². The lowest BCUT2D eigenvalue weighted by Crippen LogP contribution is -2.61. The lowest BCUT2D eigenvalue weighted by atomic mass is 10.2. The number of hydrogen-bond acceptors (Lipinski definition) is 4. The lowest BCUT2D eigenvalue weighted by Gasteiger charge is -2.39. The summed E-state index contributed by atoms with van der Waals surface area (Å²) in [6.07, 6.45) is 4.67. The van der Waals surface area contributed by atoms with E-state index in [-0.39, 0.29) is 6.54 Å². The SMILES string of the molecule is CCCCCCN1CCNCC1(O)O. The number of β-amino-alcohol motifs (C(OH)–C–C–N with tert-alkyl or cyclic N) is 2. The van der Waals surface area contributed by atoms with Crippen molar-refractivity contribution in [2.24, 2.45) is 0 Å². The second kappa shape index (κ2) is 5.66. The number of hydrogen-bond donors (Lipinski definition) is 3. The van der Waals surface area contributed by atoms with Gasteiger partial charge in [-0.25, -0.2) is 0 Å². The predicted molar refractivity (Wildman–Crippen MR) is 55.8 cm³/mol. The van der Waals surface area contributed by atoms with E-state index in [0.717, 1.165) is 26.1 Å². The molecule has 1 aliphatic heterocycles. The molecule has 0 aromatic carbocycles. The summed E-state index contributed by atoms with van der Waals surface area (Å²) in [7, 11) is 0. The van der Waals surface area contributed by atoms with Crippen LogP contribution in [0.3, 0.4) is 0 Å². The zero-order chi connectivity index (χ0) is 10.4. The van der Waals surface area contributed by atoms with Crippen LogP contribution in [0.1, 0.15) is 32.6 Å². The van der Waals surface area contributed by atoms with Gasteiger partial charge in [-0.15, -0.1) is 0 Å². The Kier molecular flexibility index (Phi) is 4.81. The average molecular weight is 202 g/mol. The van der Waals surface area contributed by atoms with Crippen molar-refractivity contribution in [1.29, 1.82) is 0 Å². The molecule has 0 saturated carbocycles. The van der Waals surface area contributed by atoms with E-state index in [2.05, 4.69) is 12.2 Å². The molecule has 1 aliphatic rings. The molecule has 4 heteroatoms. The maximum atomic E-state index is 9.61. The van der Waals surface area contributed by atoms with Crippen molar-refractivity contribution in [3.63, 3.8) is 0 Å². The van der Waals surface area contributed by atoms with E-state index in [9.17, 15) is 10.2 Å². The molecular formula is C10H22N2O2. The smallest absolute Gasteiger partial charge is 0.238 e. The molecule has 1 saturated heterocycles. The summed E-state index contributed by atoms with van der Waals surface area (Å²) >= 11 is 0. The number of unbranched alkanes of at least 4 members (excludes halogenated alkanes) is 3. The molecule has 4 nitrogen and oxygen atoms in total. The van der Waals surface area contributed by atoms with Crippen LogP contribution in [-0.2, 0) is 0 Å². The van der Waals surface area contributed by atoms with Crippen LogP contribution in [0, 0.1) is 0 Å². The molecule has 3 N–H and O–H groups in total. The standard InChI is InChI=1S/C10H22N2O2/c1-2-3-4-5-7-12-8-6-11-9-10(12,13)14/h11,13-14H,2-9H2,1H3. The number of piperazine rings is 1. The quantitative estimate of drug-likeness (QED) is 0.437. The molecule has 0 radical (unpaired) electrons. The van der Waals surface area contributed by atoms with Crippen molar-refractivity contribution in [2.75, 3.05) is 26.2 Å². The highest BCUT2D eigenvalue weighted by atomic mass is 16.5. The van der Waals surface area contributed by atoms with Crippen LogP contribution in [0.15, 0.2) is 0 Å². The molecule has 0 aromatic heterocycles. The summed E-state index contributed by atoms with van der Waals surface area (Å²) in [5, 5.41) is 22.2. The van der Waals surface area contributed by atoms with E-state index in [0.29, 0.717) is 0 Å². The number of rotatable bonds is 5. The van der Waals surface area contributed by atoms with E-state index < -0.39 is 5.91 Å². The fourth-order valence-electron chi connectivity index (χ4n) is 1.78. The molecule has 0 bridgehead atoms. The summed E-state index contributed by atoms with van der Waals surface area (Å²) in [6.45, 7) is 4.78. The first-order chi connectivity index (χ1) is 6.67. The fourth-order valence-corrected chi connectivity index (χ4v) is 1.78. The van der Waals surface area contributed by atoms with Crippen molar-refractivity contribution in [2.45, 2.75) is 38.5 Å². The van der Waals surface area contributed by atoms with Gasteiger partial charge >= 0.3 is 0 Å². The maximum absolute atomic E-state index is 9.61. The molecule has 0 amide bonds. The average Bonchev–Trinajstić information content (AvgIpc) is 2.14. The summed E-state index contributed by atoms with van der Waals surface area (Å²) in [4.78, 5) is 1.75. The monoisotopic (exact) mass is 202 g/mol. The Morgan fingerprint density at radius 3 is 2.71 bits per heavy atom. The van der Waals surface area contributed by atoms with Gasteiger partial charge in [-0.2, -0.15) is 0 Å². The van der Waals surface area contributed by atoms with Gasteiger partial charge < -0.3 is 15.5 Å². The second-order valence-corrected chi connectivity index (χ2v) is 4.00. The van der Waals surface area contributed by atoms with Crippen LogP contribution in [-0.4, -0.2) is 47.2 Å². The van der Waals surface area contributed by atoms with Gasteiger partial charge in [0.25, 0.3) is 0 Å². The van der Waals surface area contributed by atoms with Crippen LogP contribution in [0.5, 0.6) is 0 Å². The Hall–Kier alpha value is -0.160. The third kappa shape index (κ3) is 3.53. The van der Waals surface area contributed by atoms with Gasteiger partial charge in [-0.1, -0.05) is 26.2 Å². The number of nitrogens with zero attached hydrogens (tertiary/aromatic N) is 1. The number of aliphatic hydroxyl groups is 2. The van der Waals surface area contributed by atoms with Crippen LogP contribution in [0.4, 0.5) is 0 Å². The predicted octanol–water partition coefficient (Wildman–Crippen LogP) is 0.110. The Balaban J connectivity index is 2.20. The molecule has 84 valence electrons. The highest BCUT2D eigenvalue weighted by Gasteiger charge is 2.33. The molecule has 0 unspecified atom stereocenters. The van der Waals surface area contributed by atoms with E-state index in [1.54, 1.807) is 4.90 Å². The Labute approximate surface area is 85.9 Å². The van der Waals surface area contributed by atoms with Crippen molar-refractivity contribution < 1.29 is 10.2 Å². The molecule has 0 spiro atoms. The van der Waals surface area contributed by atoms with Gasteiger partial charge in [0.1, 0.15) is 0 Å². The van der Waals surface area contributed by atoms with E-state index in [4.69, 9.17) is 0 Å². The van der Waals surface area contributed by atoms with Gasteiger partial charge in [-0.05, 0) is 6.42 Å². The fraction of sp³-hybridized carbons (Fsp3) is 1.00. The van der Waals surface area contributed by atoms with Crippen molar-refractivity contribution >= 4 is 0 Å². The lowest BCUT2D eigenvalue weighted by molar-refractivity contribution is -0.269. The minimum Gasteiger partial charge on any atom is -0.352 e. The molecule has 0 aromatic rings. The Bertz CT molecular complexity index is 162. The zero-order valence-corrected chi connectivity index (χ0v) is 9.00. The van der Waals surface area contributed by atoms with Gasteiger partial charge in [0.15, 0.2) is 0 Å². The third-order valence-corrected chi connectivity index (χ3v) is 2.71. The van der Waals surface area contributed by atoms with Gasteiger partial charge in [0.05, 0.1) is 6.54 Å².